The van der Waals surface area contributed by atoms with Crippen molar-refractivity contribution in [2.75, 3.05) is 4.90 Å². The Bertz CT molecular complexity index is 4380. The lowest BCUT2D eigenvalue weighted by molar-refractivity contribution is 0.486. The molecule has 15 rings (SSSR count). The molecule has 0 N–H and O–H groups in total. The molecule has 0 saturated heterocycles. The number of rotatable bonds is 6. The van der Waals surface area contributed by atoms with Crippen LogP contribution in [0.3, 0.4) is 0 Å². The zero-order valence-corrected chi connectivity index (χ0v) is 46.6. The molecule has 3 aliphatic rings. The lowest BCUT2D eigenvalue weighted by Crippen LogP contribution is -2.73. The van der Waals surface area contributed by atoms with E-state index in [2.05, 4.69) is 300 Å². The van der Waals surface area contributed by atoms with Crippen LogP contribution in [0.2, 0.25) is 0 Å². The van der Waals surface area contributed by atoms with Crippen LogP contribution in [0.4, 0.5) is 17.1 Å². The summed E-state index contributed by atoms with van der Waals surface area (Å²) >= 11 is 0. The van der Waals surface area contributed by atoms with Gasteiger partial charge in [-0.2, -0.15) is 0 Å². The zero-order chi connectivity index (χ0) is 53.4. The fourth-order valence-electron chi connectivity index (χ4n) is 13.7. The van der Waals surface area contributed by atoms with E-state index in [0.717, 1.165) is 39.7 Å². The molecule has 0 radical (unpaired) electrons. The Labute approximate surface area is 465 Å². The van der Waals surface area contributed by atoms with Crippen molar-refractivity contribution in [2.24, 2.45) is 0 Å². The quantitative estimate of drug-likeness (QED) is 0.154. The minimum absolute atomic E-state index is 0.0840. The van der Waals surface area contributed by atoms with E-state index in [1.165, 1.54) is 98.0 Å². The number of para-hydroxylation sites is 2. The van der Waals surface area contributed by atoms with E-state index < -0.39 is 8.07 Å². The molecule has 0 fully saturated rings. The van der Waals surface area contributed by atoms with Gasteiger partial charge >= 0.3 is 0 Å². The fraction of sp³-hybridized carbons (Fsp3) is 0.108. The highest BCUT2D eigenvalue weighted by atomic mass is 28.3. The molecule has 11 aromatic carbocycles. The van der Waals surface area contributed by atoms with Gasteiger partial charge in [0.2, 0.25) is 0 Å². The fourth-order valence-corrected chi connectivity index (χ4v) is 18.9. The molecule has 4 heterocycles. The molecule has 0 spiro atoms. The predicted molar refractivity (Wildman–Crippen MR) is 338 cm³/mol. The summed E-state index contributed by atoms with van der Waals surface area (Å²) in [5.41, 5.74) is 20.3. The van der Waals surface area contributed by atoms with Crippen LogP contribution in [0.5, 0.6) is 11.5 Å². The van der Waals surface area contributed by atoms with Crippen LogP contribution in [0, 0.1) is 0 Å². The van der Waals surface area contributed by atoms with Gasteiger partial charge in [0.25, 0.3) is 6.71 Å². The van der Waals surface area contributed by atoms with Gasteiger partial charge in [0, 0.05) is 33.4 Å². The average molecular weight is 1030 g/mol. The lowest BCUT2D eigenvalue weighted by Gasteiger charge is -2.42. The minimum Gasteiger partial charge on any atom is -0.458 e. The van der Waals surface area contributed by atoms with Gasteiger partial charge in [0.1, 0.15) is 11.5 Å². The molecule has 0 saturated carbocycles. The summed E-state index contributed by atoms with van der Waals surface area (Å²) in [5.74, 6) is 1.80. The van der Waals surface area contributed by atoms with Gasteiger partial charge in [-0.1, -0.05) is 230 Å². The second-order valence-corrected chi connectivity index (χ2v) is 27.7. The Kier molecular flexibility index (Phi) is 10.5. The van der Waals surface area contributed by atoms with E-state index in [1.54, 1.807) is 0 Å². The van der Waals surface area contributed by atoms with Crippen LogP contribution < -0.4 is 46.8 Å². The summed E-state index contributed by atoms with van der Waals surface area (Å²) in [6, 6.07) is 94.1. The molecule has 0 aliphatic carbocycles. The van der Waals surface area contributed by atoms with Crippen LogP contribution in [0.25, 0.3) is 60.9 Å². The molecule has 0 bridgehead atoms. The van der Waals surface area contributed by atoms with Crippen molar-refractivity contribution in [2.45, 2.75) is 52.4 Å². The summed E-state index contributed by atoms with van der Waals surface area (Å²) in [6.07, 6.45) is 0. The normalized spacial score (nSPS) is 13.8. The van der Waals surface area contributed by atoms with Gasteiger partial charge in [-0.05, 0) is 148 Å². The Morgan fingerprint density at radius 2 is 1.00 bits per heavy atom. The molecule has 378 valence electrons. The summed E-state index contributed by atoms with van der Waals surface area (Å²) in [5, 5.41) is 8.07. The van der Waals surface area contributed by atoms with E-state index in [-0.39, 0.29) is 17.5 Å². The Morgan fingerprint density at radius 3 is 1.72 bits per heavy atom. The van der Waals surface area contributed by atoms with Crippen molar-refractivity contribution in [3.63, 3.8) is 0 Å². The van der Waals surface area contributed by atoms with Crippen LogP contribution in [0.1, 0.15) is 52.7 Å². The number of aromatic nitrogens is 1. The maximum Gasteiger partial charge on any atom is 0.256 e. The number of fused-ring (bicyclic) bond motifs is 10. The van der Waals surface area contributed by atoms with Crippen molar-refractivity contribution < 1.29 is 4.74 Å². The molecule has 1 aromatic heterocycles. The Hall–Kier alpha value is -8.90. The van der Waals surface area contributed by atoms with Crippen molar-refractivity contribution in [3.05, 3.63) is 260 Å². The molecule has 79 heavy (non-hydrogen) atoms. The molecule has 0 unspecified atom stereocenters. The molecular weight excluding hydrogens is 972 g/mol. The van der Waals surface area contributed by atoms with E-state index in [4.69, 9.17) is 4.74 Å². The highest BCUT2D eigenvalue weighted by Gasteiger charge is 2.51. The topological polar surface area (TPSA) is 17.4 Å². The first-order valence-corrected chi connectivity index (χ1v) is 29.9. The van der Waals surface area contributed by atoms with E-state index in [0.29, 0.717) is 0 Å². The molecule has 3 aliphatic heterocycles. The first-order valence-electron chi connectivity index (χ1n) is 27.9. The van der Waals surface area contributed by atoms with Gasteiger partial charge in [-0.15, -0.1) is 0 Å². The van der Waals surface area contributed by atoms with Crippen molar-refractivity contribution in [3.8, 4) is 50.6 Å². The summed E-state index contributed by atoms with van der Waals surface area (Å²) < 4.78 is 9.93. The third-order valence-corrected chi connectivity index (χ3v) is 22.3. The van der Waals surface area contributed by atoms with Gasteiger partial charge < -0.3 is 14.2 Å². The Balaban J connectivity index is 1.09. The van der Waals surface area contributed by atoms with Gasteiger partial charge in [0.15, 0.2) is 8.07 Å². The van der Waals surface area contributed by atoms with Crippen LogP contribution in [-0.2, 0) is 10.8 Å². The van der Waals surface area contributed by atoms with E-state index in [9.17, 15) is 0 Å². The Morgan fingerprint density at radius 1 is 0.392 bits per heavy atom. The summed E-state index contributed by atoms with van der Waals surface area (Å²) in [6.45, 7) is 13.8. The third kappa shape index (κ3) is 7.12. The second kappa shape index (κ2) is 17.6. The van der Waals surface area contributed by atoms with Crippen LogP contribution in [0.15, 0.2) is 249 Å². The van der Waals surface area contributed by atoms with E-state index >= 15 is 0 Å². The smallest absolute Gasteiger partial charge is 0.256 e. The van der Waals surface area contributed by atoms with Crippen LogP contribution in [-0.4, -0.2) is 19.4 Å². The molecular formula is C74H59BN2OSi. The molecule has 5 heteroatoms. The monoisotopic (exact) mass is 1030 g/mol. The lowest BCUT2D eigenvalue weighted by atomic mass is 9.34. The van der Waals surface area contributed by atoms with Crippen molar-refractivity contribution in [1.29, 1.82) is 0 Å². The SMILES string of the molecule is CC(C)(C)c1ccc2c(c1)B1c3cc4c(cc3N(c3ccc(C(C)(C)C)cc3-c3ccccc3)c3cc(-c5cccc6c5c5ccccc5n6-c5ccccc5)cc(c31)O2)-c1ccccc1[Si]4(c1ccccc1)c1ccccc1. The third-order valence-electron chi connectivity index (χ3n) is 17.4. The van der Waals surface area contributed by atoms with Crippen molar-refractivity contribution >= 4 is 90.8 Å². The number of anilines is 3. The number of benzene rings is 11. The van der Waals surface area contributed by atoms with Crippen molar-refractivity contribution in [1.82, 2.24) is 4.57 Å². The number of hydrogen-bond donors (Lipinski definition) is 0. The molecule has 12 aromatic rings. The molecule has 0 atom stereocenters. The highest BCUT2D eigenvalue weighted by Crippen LogP contribution is 2.49. The average Bonchev–Trinajstić information content (AvgIpc) is 2.98. The van der Waals surface area contributed by atoms with Gasteiger partial charge in [-0.3, -0.25) is 0 Å². The number of ether oxygens (including phenoxy) is 1. The standard InChI is InChI=1S/C74H59BN2OSi/c1-73(2,3)50-38-40-63(58(44-50)48-24-11-7-12-25-48)77-65-46-59-56-32-20-22-37-69(56)79(53-28-15-9-16-29-53,54-30-17-10-18-31-54)70(59)47-60(65)75-61-45-51(74(4,5)6)39-41-67(61)78-68-43-49(42-66(77)72(68)75)55-34-23-36-64-71(55)57-33-19-21-35-62(57)76(64)52-26-13-8-14-27-52/h7-47H,1-6H3. The predicted octanol–water partition coefficient (Wildman–Crippen LogP) is 14.5. The zero-order valence-electron chi connectivity index (χ0n) is 45.6. The number of hydrogen-bond acceptors (Lipinski definition) is 2. The summed E-state index contributed by atoms with van der Waals surface area (Å²) in [4.78, 5) is 2.63. The summed E-state index contributed by atoms with van der Waals surface area (Å²) in [7, 11) is -2.92. The number of nitrogens with zero attached hydrogens (tertiary/aromatic N) is 2. The molecule has 0 amide bonds. The van der Waals surface area contributed by atoms with Gasteiger partial charge in [0.05, 0.1) is 16.7 Å². The largest absolute Gasteiger partial charge is 0.458 e. The minimum atomic E-state index is -2.92. The second-order valence-electron chi connectivity index (χ2n) is 24.0. The maximum absolute atomic E-state index is 7.51. The highest BCUT2D eigenvalue weighted by molar-refractivity contribution is 7.22. The first-order chi connectivity index (χ1) is 38.5. The van der Waals surface area contributed by atoms with Gasteiger partial charge in [-0.25, -0.2) is 0 Å². The van der Waals surface area contributed by atoms with Crippen LogP contribution >= 0.6 is 0 Å². The first kappa shape index (κ1) is 47.3. The molecule has 3 nitrogen and oxygen atoms in total. The van der Waals surface area contributed by atoms with E-state index in [1.807, 2.05) is 0 Å². The maximum atomic E-state index is 7.51.